The van der Waals surface area contributed by atoms with Crippen LogP contribution < -0.4 is 4.72 Å². The van der Waals surface area contributed by atoms with Crippen molar-refractivity contribution in [3.05, 3.63) is 29.8 Å². The zero-order valence-corrected chi connectivity index (χ0v) is 12.9. The Balaban J connectivity index is 2.06. The first-order valence-corrected chi connectivity index (χ1v) is 8.70. The predicted octanol–water partition coefficient (Wildman–Crippen LogP) is 2.17. The van der Waals surface area contributed by atoms with Crippen LogP contribution in [0.5, 0.6) is 0 Å². The van der Waals surface area contributed by atoms with Crippen LogP contribution in [0.4, 0.5) is 0 Å². The molecule has 1 saturated carbocycles. The molecule has 1 aromatic rings. The van der Waals surface area contributed by atoms with Crippen molar-refractivity contribution < 1.29 is 18.3 Å². The van der Waals surface area contributed by atoms with Crippen LogP contribution in [0, 0.1) is 5.92 Å². The number of carboxylic acid groups (broad SMARTS) is 1. The van der Waals surface area contributed by atoms with Gasteiger partial charge in [0.2, 0.25) is 10.0 Å². The second-order valence-corrected chi connectivity index (χ2v) is 7.38. The smallest absolute Gasteiger partial charge is 0.307 e. The second kappa shape index (κ2) is 6.58. The molecule has 0 aliphatic heterocycles. The first-order chi connectivity index (χ1) is 9.88. The molecule has 0 amide bonds. The number of aliphatic carboxylic acids is 1. The van der Waals surface area contributed by atoms with Crippen molar-refractivity contribution in [1.82, 2.24) is 4.72 Å². The maximum atomic E-state index is 12.3. The molecule has 2 rings (SSSR count). The number of sulfonamides is 1. The van der Waals surface area contributed by atoms with Gasteiger partial charge in [-0.1, -0.05) is 25.0 Å². The van der Waals surface area contributed by atoms with Gasteiger partial charge < -0.3 is 5.11 Å². The van der Waals surface area contributed by atoms with E-state index in [9.17, 15) is 13.2 Å². The van der Waals surface area contributed by atoms with E-state index in [1.165, 1.54) is 25.0 Å². The zero-order chi connectivity index (χ0) is 15.5. The van der Waals surface area contributed by atoms with E-state index < -0.39 is 16.0 Å². The van der Waals surface area contributed by atoms with Gasteiger partial charge in [-0.15, -0.1) is 0 Å². The Hall–Kier alpha value is -1.40. The average molecular weight is 311 g/mol. The number of carbonyl (C=O) groups is 1. The van der Waals surface area contributed by atoms with Crippen molar-refractivity contribution in [2.75, 3.05) is 0 Å². The first kappa shape index (κ1) is 16.0. The van der Waals surface area contributed by atoms with Crippen LogP contribution in [0.2, 0.25) is 0 Å². The van der Waals surface area contributed by atoms with Crippen LogP contribution in [0.15, 0.2) is 29.2 Å². The highest BCUT2D eigenvalue weighted by Crippen LogP contribution is 2.28. The van der Waals surface area contributed by atoms with E-state index in [1.807, 2.05) is 6.92 Å². The van der Waals surface area contributed by atoms with Crippen molar-refractivity contribution in [3.8, 4) is 0 Å². The van der Waals surface area contributed by atoms with Crippen LogP contribution in [-0.4, -0.2) is 25.5 Å². The third kappa shape index (κ3) is 4.28. The van der Waals surface area contributed by atoms with Crippen LogP contribution in [0.25, 0.3) is 0 Å². The van der Waals surface area contributed by atoms with Gasteiger partial charge in [0.1, 0.15) is 0 Å². The first-order valence-electron chi connectivity index (χ1n) is 7.21. The minimum absolute atomic E-state index is 0.0730. The molecule has 1 aliphatic carbocycles. The lowest BCUT2D eigenvalue weighted by molar-refractivity contribution is -0.136. The molecule has 0 heterocycles. The van der Waals surface area contributed by atoms with Crippen molar-refractivity contribution in [2.45, 2.75) is 50.0 Å². The number of benzene rings is 1. The normalized spacial score (nSPS) is 17.8. The average Bonchev–Trinajstić information content (AvgIpc) is 2.92. The summed E-state index contributed by atoms with van der Waals surface area (Å²) in [6.07, 6.45) is 4.37. The standard InChI is InChI=1S/C15H21NO4S/c1-11(13-4-2-3-5-13)16-21(19,20)14-8-6-12(7-9-14)10-15(17)18/h6-9,11,13,16H,2-5,10H2,1H3,(H,17,18)/t11-/m1/s1. The Bertz CT molecular complexity index is 589. The Morgan fingerprint density at radius 1 is 1.29 bits per heavy atom. The van der Waals surface area contributed by atoms with E-state index in [4.69, 9.17) is 5.11 Å². The maximum absolute atomic E-state index is 12.3. The number of hydrogen-bond donors (Lipinski definition) is 2. The summed E-state index contributed by atoms with van der Waals surface area (Å²) < 4.78 is 27.3. The Labute approximate surface area is 125 Å². The Morgan fingerprint density at radius 2 is 1.86 bits per heavy atom. The highest BCUT2D eigenvalue weighted by molar-refractivity contribution is 7.89. The molecule has 0 spiro atoms. The molecule has 0 unspecified atom stereocenters. The van der Waals surface area contributed by atoms with Crippen molar-refractivity contribution in [3.63, 3.8) is 0 Å². The summed E-state index contributed by atoms with van der Waals surface area (Å²) in [5.41, 5.74) is 0.588. The predicted molar refractivity (Wildman–Crippen MR) is 79.5 cm³/mol. The molecule has 0 bridgehead atoms. The Morgan fingerprint density at radius 3 is 2.38 bits per heavy atom. The fourth-order valence-corrected chi connectivity index (χ4v) is 4.14. The zero-order valence-electron chi connectivity index (χ0n) is 12.1. The van der Waals surface area contributed by atoms with E-state index in [2.05, 4.69) is 4.72 Å². The molecule has 1 fully saturated rings. The largest absolute Gasteiger partial charge is 0.481 e. The lowest BCUT2D eigenvalue weighted by atomic mass is 10.0. The molecule has 1 aromatic carbocycles. The topological polar surface area (TPSA) is 83.5 Å². The summed E-state index contributed by atoms with van der Waals surface area (Å²) in [6.45, 7) is 1.91. The third-order valence-electron chi connectivity index (χ3n) is 4.04. The van der Waals surface area contributed by atoms with Crippen molar-refractivity contribution in [2.24, 2.45) is 5.92 Å². The van der Waals surface area contributed by atoms with E-state index in [0.29, 0.717) is 11.5 Å². The highest BCUT2D eigenvalue weighted by Gasteiger charge is 2.26. The summed E-state index contributed by atoms with van der Waals surface area (Å²) >= 11 is 0. The van der Waals surface area contributed by atoms with E-state index in [1.54, 1.807) is 12.1 Å². The fourth-order valence-electron chi connectivity index (χ4n) is 2.83. The van der Waals surface area contributed by atoms with Gasteiger partial charge in [-0.05, 0) is 43.4 Å². The molecular weight excluding hydrogens is 290 g/mol. The lowest BCUT2D eigenvalue weighted by Gasteiger charge is -2.20. The quantitative estimate of drug-likeness (QED) is 0.843. The summed E-state index contributed by atoms with van der Waals surface area (Å²) in [6, 6.07) is 5.94. The van der Waals surface area contributed by atoms with Gasteiger partial charge >= 0.3 is 5.97 Å². The van der Waals surface area contributed by atoms with Gasteiger partial charge in [-0.2, -0.15) is 0 Å². The number of carboxylic acids is 1. The molecule has 21 heavy (non-hydrogen) atoms. The highest BCUT2D eigenvalue weighted by atomic mass is 32.2. The summed E-state index contributed by atoms with van der Waals surface area (Å²) in [7, 11) is -3.54. The molecule has 0 radical (unpaired) electrons. The SMILES string of the molecule is C[C@@H](NS(=O)(=O)c1ccc(CC(=O)O)cc1)C1CCCC1. The second-order valence-electron chi connectivity index (χ2n) is 5.67. The molecule has 5 nitrogen and oxygen atoms in total. The fraction of sp³-hybridized carbons (Fsp3) is 0.533. The van der Waals surface area contributed by atoms with E-state index in [-0.39, 0.29) is 17.4 Å². The molecule has 2 N–H and O–H groups in total. The minimum Gasteiger partial charge on any atom is -0.481 e. The summed E-state index contributed by atoms with van der Waals surface area (Å²) in [4.78, 5) is 10.8. The van der Waals surface area contributed by atoms with Gasteiger partial charge in [0.25, 0.3) is 0 Å². The minimum atomic E-state index is -3.54. The summed E-state index contributed by atoms with van der Waals surface area (Å²) in [5, 5.41) is 8.71. The molecule has 1 aliphatic rings. The van der Waals surface area contributed by atoms with Gasteiger partial charge in [-0.3, -0.25) is 4.79 Å². The van der Waals surface area contributed by atoms with Gasteiger partial charge in [0.15, 0.2) is 0 Å². The number of rotatable bonds is 6. The van der Waals surface area contributed by atoms with E-state index >= 15 is 0 Å². The van der Waals surface area contributed by atoms with Crippen molar-refractivity contribution in [1.29, 1.82) is 0 Å². The van der Waals surface area contributed by atoms with Crippen molar-refractivity contribution >= 4 is 16.0 Å². The Kier molecular flexibility index (Phi) is 5.00. The molecule has 1 atom stereocenters. The molecule has 116 valence electrons. The summed E-state index contributed by atoms with van der Waals surface area (Å²) in [5.74, 6) is -0.523. The van der Waals surface area contributed by atoms with Crippen LogP contribution in [-0.2, 0) is 21.2 Å². The molecule has 0 saturated heterocycles. The molecule has 6 heteroatoms. The number of hydrogen-bond acceptors (Lipinski definition) is 3. The lowest BCUT2D eigenvalue weighted by Crippen LogP contribution is -2.37. The monoisotopic (exact) mass is 311 g/mol. The number of nitrogens with one attached hydrogen (secondary N) is 1. The van der Waals surface area contributed by atoms with Crippen LogP contribution >= 0.6 is 0 Å². The maximum Gasteiger partial charge on any atom is 0.307 e. The van der Waals surface area contributed by atoms with Crippen LogP contribution in [0.3, 0.4) is 0 Å². The third-order valence-corrected chi connectivity index (χ3v) is 5.61. The van der Waals surface area contributed by atoms with Gasteiger partial charge in [0.05, 0.1) is 11.3 Å². The van der Waals surface area contributed by atoms with Crippen LogP contribution in [0.1, 0.15) is 38.2 Å². The van der Waals surface area contributed by atoms with E-state index in [0.717, 1.165) is 12.8 Å². The van der Waals surface area contributed by atoms with Gasteiger partial charge in [0, 0.05) is 6.04 Å². The van der Waals surface area contributed by atoms with Gasteiger partial charge in [-0.25, -0.2) is 13.1 Å². The molecule has 0 aromatic heterocycles. The molecular formula is C15H21NO4S.